The lowest BCUT2D eigenvalue weighted by Crippen LogP contribution is -2.04. The van der Waals surface area contributed by atoms with E-state index in [9.17, 15) is 9.59 Å². The van der Waals surface area contributed by atoms with Crippen LogP contribution in [0.15, 0.2) is 43.3 Å². The highest BCUT2D eigenvalue weighted by atomic mass is 32.2. The summed E-state index contributed by atoms with van der Waals surface area (Å²) in [6, 6.07) is 3.57. The molecule has 0 fully saturated rings. The quantitative estimate of drug-likeness (QED) is 0.0772. The number of hydrogen-bond acceptors (Lipinski definition) is 10. The van der Waals surface area contributed by atoms with Crippen LogP contribution in [0.3, 0.4) is 0 Å². The van der Waals surface area contributed by atoms with E-state index < -0.39 is 0 Å². The van der Waals surface area contributed by atoms with E-state index in [1.807, 2.05) is 0 Å². The first-order valence-corrected chi connectivity index (χ1v) is 14.9. The summed E-state index contributed by atoms with van der Waals surface area (Å²) >= 11 is 3.16. The molecule has 0 radical (unpaired) electrons. The van der Waals surface area contributed by atoms with Crippen LogP contribution < -0.4 is 18.9 Å². The zero-order chi connectivity index (χ0) is 28.8. The van der Waals surface area contributed by atoms with Crippen molar-refractivity contribution in [1.29, 1.82) is 0 Å². The molecule has 4 aromatic rings. The standard InChI is InChI=1S/C30H34O8S2/c1-17(31)21-23(33-3)19-11-13-37-25(19)27(35-5)29(21)39-15-9-7-8-10-16-40-30-22(18(2)32)24(34-4)20-12-14-38-26(20)28(30)36-6/h11-14H,7-10,15-16H2,1-6H3. The van der Waals surface area contributed by atoms with Crippen LogP contribution in [0.5, 0.6) is 23.0 Å². The maximum Gasteiger partial charge on any atom is 0.180 e. The fourth-order valence-electron chi connectivity index (χ4n) is 4.85. The number of ether oxygens (including phenoxy) is 4. The predicted octanol–water partition coefficient (Wildman–Crippen LogP) is 8.06. The van der Waals surface area contributed by atoms with Crippen molar-refractivity contribution in [3.63, 3.8) is 0 Å². The monoisotopic (exact) mass is 586 g/mol. The minimum absolute atomic E-state index is 0.0810. The van der Waals surface area contributed by atoms with Gasteiger partial charge >= 0.3 is 0 Å². The molecule has 2 aromatic heterocycles. The molecule has 0 N–H and O–H groups in total. The van der Waals surface area contributed by atoms with Crippen molar-refractivity contribution in [2.75, 3.05) is 39.9 Å². The van der Waals surface area contributed by atoms with Crippen molar-refractivity contribution in [3.05, 3.63) is 35.8 Å². The number of furan rings is 2. The molecule has 2 heterocycles. The Bertz CT molecular complexity index is 1400. The molecule has 0 bridgehead atoms. The SMILES string of the molecule is COc1c(C(C)=O)c(SCCCCCCSc2c(C(C)=O)c(OC)c3ccoc3c2OC)c(OC)c2occc12. The van der Waals surface area contributed by atoms with E-state index >= 15 is 0 Å². The molecule has 2 aromatic carbocycles. The first-order valence-electron chi connectivity index (χ1n) is 13.0. The van der Waals surface area contributed by atoms with Gasteiger partial charge in [0.2, 0.25) is 0 Å². The Hall–Kier alpha value is -3.24. The van der Waals surface area contributed by atoms with Crippen LogP contribution in [0.1, 0.15) is 60.2 Å². The van der Waals surface area contributed by atoms with Gasteiger partial charge in [-0.25, -0.2) is 0 Å². The van der Waals surface area contributed by atoms with E-state index in [0.717, 1.165) is 57.8 Å². The third kappa shape index (κ3) is 5.65. The van der Waals surface area contributed by atoms with Gasteiger partial charge in [-0.2, -0.15) is 0 Å². The molecule has 0 spiro atoms. The van der Waals surface area contributed by atoms with Crippen LogP contribution in [-0.4, -0.2) is 51.5 Å². The van der Waals surface area contributed by atoms with Crippen molar-refractivity contribution in [3.8, 4) is 23.0 Å². The van der Waals surface area contributed by atoms with Gasteiger partial charge in [0.1, 0.15) is 11.5 Å². The van der Waals surface area contributed by atoms with Crippen LogP contribution in [0.25, 0.3) is 21.9 Å². The van der Waals surface area contributed by atoms with E-state index in [0.29, 0.717) is 45.3 Å². The molecule has 8 nitrogen and oxygen atoms in total. The third-order valence-electron chi connectivity index (χ3n) is 6.60. The molecule has 40 heavy (non-hydrogen) atoms. The number of rotatable bonds is 15. The number of carbonyl (C=O) groups is 2. The van der Waals surface area contributed by atoms with Crippen molar-refractivity contribution in [2.45, 2.75) is 49.3 Å². The molecule has 0 aliphatic heterocycles. The summed E-state index contributed by atoms with van der Waals surface area (Å²) in [7, 11) is 6.29. The number of Topliss-reactive ketones (excluding diaryl/α,β-unsaturated/α-hetero) is 2. The summed E-state index contributed by atoms with van der Waals surface area (Å²) in [6.07, 6.45) is 7.10. The summed E-state index contributed by atoms with van der Waals surface area (Å²) in [6.45, 7) is 3.08. The third-order valence-corrected chi connectivity index (χ3v) is 8.95. The normalized spacial score (nSPS) is 11.2. The van der Waals surface area contributed by atoms with Crippen molar-refractivity contribution in [1.82, 2.24) is 0 Å². The minimum Gasteiger partial charge on any atom is -0.495 e. The fraction of sp³-hybridized carbons (Fsp3) is 0.400. The van der Waals surface area contributed by atoms with E-state index in [4.69, 9.17) is 27.8 Å². The zero-order valence-corrected chi connectivity index (χ0v) is 25.3. The Morgan fingerprint density at radius 3 is 1.32 bits per heavy atom. The van der Waals surface area contributed by atoms with E-state index in [-0.39, 0.29) is 11.6 Å². The van der Waals surface area contributed by atoms with Gasteiger partial charge in [-0.05, 0) is 50.3 Å². The highest BCUT2D eigenvalue weighted by Crippen LogP contribution is 2.48. The second-order valence-electron chi connectivity index (χ2n) is 9.09. The molecule has 0 unspecified atom stereocenters. The summed E-state index contributed by atoms with van der Waals surface area (Å²) in [5.74, 6) is 3.62. The number of thioether (sulfide) groups is 2. The first-order chi connectivity index (χ1) is 19.4. The summed E-state index contributed by atoms with van der Waals surface area (Å²) < 4.78 is 33.9. The van der Waals surface area contributed by atoms with Gasteiger partial charge in [0.05, 0.1) is 72.7 Å². The maximum atomic E-state index is 12.6. The van der Waals surface area contributed by atoms with Gasteiger partial charge in [0.25, 0.3) is 0 Å². The number of carbonyl (C=O) groups excluding carboxylic acids is 2. The highest BCUT2D eigenvalue weighted by Gasteiger charge is 2.27. The Morgan fingerprint density at radius 2 is 1.00 bits per heavy atom. The molecule has 0 saturated carbocycles. The smallest absolute Gasteiger partial charge is 0.180 e. The van der Waals surface area contributed by atoms with E-state index in [1.165, 1.54) is 13.8 Å². The van der Waals surface area contributed by atoms with Crippen LogP contribution in [0.2, 0.25) is 0 Å². The van der Waals surface area contributed by atoms with Gasteiger partial charge in [-0.1, -0.05) is 12.8 Å². The van der Waals surface area contributed by atoms with Crippen LogP contribution >= 0.6 is 23.5 Å². The fourth-order valence-corrected chi connectivity index (χ4v) is 7.33. The molecule has 0 aliphatic rings. The first kappa shape index (κ1) is 29.7. The number of fused-ring (bicyclic) bond motifs is 2. The Labute approximate surface area is 242 Å². The predicted molar refractivity (Wildman–Crippen MR) is 159 cm³/mol. The molecule has 214 valence electrons. The number of hydrogen-bond donors (Lipinski definition) is 0. The molecule has 0 amide bonds. The van der Waals surface area contributed by atoms with Gasteiger partial charge < -0.3 is 27.8 Å². The number of ketones is 2. The largest absolute Gasteiger partial charge is 0.495 e. The Morgan fingerprint density at radius 1 is 0.625 bits per heavy atom. The second-order valence-corrected chi connectivity index (χ2v) is 11.3. The molecule has 10 heteroatoms. The van der Waals surface area contributed by atoms with Crippen LogP contribution in [-0.2, 0) is 0 Å². The second kappa shape index (κ2) is 13.4. The van der Waals surface area contributed by atoms with Crippen molar-refractivity contribution >= 4 is 57.0 Å². The summed E-state index contributed by atoms with van der Waals surface area (Å²) in [5.41, 5.74) is 2.20. The number of benzene rings is 2. The highest BCUT2D eigenvalue weighted by molar-refractivity contribution is 7.99. The molecule has 0 aliphatic carbocycles. The average Bonchev–Trinajstić information content (AvgIpc) is 3.62. The van der Waals surface area contributed by atoms with E-state index in [1.54, 1.807) is 76.6 Å². The molecule has 0 atom stereocenters. The Balaban J connectivity index is 1.38. The lowest BCUT2D eigenvalue weighted by Gasteiger charge is -2.17. The summed E-state index contributed by atoms with van der Waals surface area (Å²) in [4.78, 5) is 26.7. The van der Waals surface area contributed by atoms with Gasteiger partial charge in [-0.15, -0.1) is 23.5 Å². The van der Waals surface area contributed by atoms with Gasteiger partial charge in [0, 0.05) is 0 Å². The summed E-state index contributed by atoms with van der Waals surface area (Å²) in [5, 5.41) is 1.44. The van der Waals surface area contributed by atoms with Gasteiger partial charge in [-0.3, -0.25) is 9.59 Å². The van der Waals surface area contributed by atoms with Crippen LogP contribution in [0, 0.1) is 0 Å². The zero-order valence-electron chi connectivity index (χ0n) is 23.6. The molecule has 0 saturated heterocycles. The van der Waals surface area contributed by atoms with E-state index in [2.05, 4.69) is 0 Å². The molecular formula is C30H34O8S2. The molecule has 4 rings (SSSR count). The van der Waals surface area contributed by atoms with Crippen molar-refractivity contribution in [2.24, 2.45) is 0 Å². The van der Waals surface area contributed by atoms with Gasteiger partial charge in [0.15, 0.2) is 34.2 Å². The Kier molecular flexibility index (Phi) is 9.97. The maximum absolute atomic E-state index is 12.6. The number of methoxy groups -OCH3 is 4. The van der Waals surface area contributed by atoms with Crippen LogP contribution in [0.4, 0.5) is 0 Å². The lowest BCUT2D eigenvalue weighted by atomic mass is 10.1. The lowest BCUT2D eigenvalue weighted by molar-refractivity contribution is 0.0998. The molecular weight excluding hydrogens is 552 g/mol. The van der Waals surface area contributed by atoms with Crippen molar-refractivity contribution < 1.29 is 37.4 Å². The topological polar surface area (TPSA) is 97.3 Å². The number of unbranched alkanes of at least 4 members (excludes halogenated alkanes) is 3. The average molecular weight is 587 g/mol. The minimum atomic E-state index is -0.0810.